The molecule has 0 saturated heterocycles. The van der Waals surface area contributed by atoms with E-state index in [4.69, 9.17) is 13.9 Å². The summed E-state index contributed by atoms with van der Waals surface area (Å²) in [5, 5.41) is 3.18. The Morgan fingerprint density at radius 1 is 0.872 bits per heavy atom. The number of nitrogens with one attached hydrogen (secondary N) is 1. The zero-order valence-corrected chi connectivity index (χ0v) is 22.3. The second-order valence-corrected chi connectivity index (χ2v) is 9.26. The largest absolute Gasteiger partial charge is 0.465 e. The first-order valence-electron chi connectivity index (χ1n) is 13.0. The van der Waals surface area contributed by atoms with Crippen LogP contribution in [0, 0.1) is 5.92 Å². The number of pyridine rings is 2. The second-order valence-electron chi connectivity index (χ2n) is 9.26. The number of aromatic nitrogens is 2. The highest BCUT2D eigenvalue weighted by Gasteiger charge is 2.35. The second kappa shape index (κ2) is 13.9. The molecule has 1 aliphatic rings. The summed E-state index contributed by atoms with van der Waals surface area (Å²) in [6.07, 6.45) is 15.0. The van der Waals surface area contributed by atoms with Crippen LogP contribution < -0.4 is 5.32 Å². The SMILES string of the molecule is CC1=C(C(=O)OCCCc2cccnc2)C(C=Cc2ccco2)C(C(=O)OCCCc2cccnc2)=C(C)N1. The van der Waals surface area contributed by atoms with Gasteiger partial charge in [0.25, 0.3) is 0 Å². The van der Waals surface area contributed by atoms with Gasteiger partial charge < -0.3 is 19.2 Å². The molecule has 0 saturated carbocycles. The van der Waals surface area contributed by atoms with Gasteiger partial charge in [-0.3, -0.25) is 9.97 Å². The molecule has 0 amide bonds. The lowest BCUT2D eigenvalue weighted by Crippen LogP contribution is -2.33. The molecule has 0 aliphatic carbocycles. The molecule has 0 fully saturated rings. The minimum absolute atomic E-state index is 0.246. The zero-order valence-electron chi connectivity index (χ0n) is 22.3. The van der Waals surface area contributed by atoms with Crippen molar-refractivity contribution in [3.63, 3.8) is 0 Å². The van der Waals surface area contributed by atoms with Crippen molar-refractivity contribution in [1.29, 1.82) is 0 Å². The average Bonchev–Trinajstić information content (AvgIpc) is 3.47. The fraction of sp³-hybridized carbons (Fsp3) is 0.290. The summed E-state index contributed by atoms with van der Waals surface area (Å²) in [7, 11) is 0. The molecule has 3 aromatic rings. The maximum atomic E-state index is 13.3. The Balaban J connectivity index is 1.44. The number of ether oxygens (including phenoxy) is 2. The molecule has 8 nitrogen and oxygen atoms in total. The van der Waals surface area contributed by atoms with Crippen LogP contribution in [0.3, 0.4) is 0 Å². The van der Waals surface area contributed by atoms with Gasteiger partial charge in [-0.1, -0.05) is 18.2 Å². The predicted molar refractivity (Wildman–Crippen MR) is 147 cm³/mol. The number of rotatable bonds is 12. The van der Waals surface area contributed by atoms with E-state index in [1.165, 1.54) is 0 Å². The summed E-state index contributed by atoms with van der Waals surface area (Å²) in [5.74, 6) is -1.01. The highest BCUT2D eigenvalue weighted by Crippen LogP contribution is 2.33. The van der Waals surface area contributed by atoms with Crippen LogP contribution in [0.15, 0.2) is 100 Å². The zero-order chi connectivity index (χ0) is 27.5. The lowest BCUT2D eigenvalue weighted by Gasteiger charge is -2.28. The van der Waals surface area contributed by atoms with Crippen LogP contribution in [0.5, 0.6) is 0 Å². The number of aryl methyl sites for hydroxylation is 2. The van der Waals surface area contributed by atoms with Crippen molar-refractivity contribution in [2.24, 2.45) is 5.92 Å². The van der Waals surface area contributed by atoms with E-state index < -0.39 is 17.9 Å². The quantitative estimate of drug-likeness (QED) is 0.253. The summed E-state index contributed by atoms with van der Waals surface area (Å²) < 4.78 is 16.7. The molecule has 0 radical (unpaired) electrons. The molecule has 3 aromatic heterocycles. The Labute approximate surface area is 228 Å². The van der Waals surface area contributed by atoms with E-state index >= 15 is 0 Å². The van der Waals surface area contributed by atoms with Gasteiger partial charge in [0.05, 0.1) is 30.6 Å². The van der Waals surface area contributed by atoms with Crippen molar-refractivity contribution >= 4 is 18.0 Å². The van der Waals surface area contributed by atoms with Crippen molar-refractivity contribution < 1.29 is 23.5 Å². The number of nitrogens with zero attached hydrogens (tertiary/aromatic N) is 2. The van der Waals surface area contributed by atoms with Gasteiger partial charge in [-0.2, -0.15) is 0 Å². The molecule has 1 N–H and O–H groups in total. The van der Waals surface area contributed by atoms with Crippen LogP contribution >= 0.6 is 0 Å². The molecular formula is C31H33N3O5. The van der Waals surface area contributed by atoms with E-state index in [9.17, 15) is 9.59 Å². The fourth-order valence-electron chi connectivity index (χ4n) is 4.49. The molecule has 0 aromatic carbocycles. The first-order valence-corrected chi connectivity index (χ1v) is 13.0. The Morgan fingerprint density at radius 3 is 1.90 bits per heavy atom. The molecule has 4 heterocycles. The molecule has 0 atom stereocenters. The number of furan rings is 1. The number of allylic oxidation sites excluding steroid dienone is 3. The summed E-state index contributed by atoms with van der Waals surface area (Å²) >= 11 is 0. The van der Waals surface area contributed by atoms with Gasteiger partial charge in [0, 0.05) is 42.1 Å². The maximum Gasteiger partial charge on any atom is 0.336 e. The van der Waals surface area contributed by atoms with Gasteiger partial charge in [0.15, 0.2) is 0 Å². The number of carbonyl (C=O) groups is 2. The van der Waals surface area contributed by atoms with Crippen molar-refractivity contribution in [3.8, 4) is 0 Å². The van der Waals surface area contributed by atoms with Crippen molar-refractivity contribution in [3.05, 3.63) is 113 Å². The van der Waals surface area contributed by atoms with E-state index in [0.717, 1.165) is 24.0 Å². The van der Waals surface area contributed by atoms with Gasteiger partial charge in [-0.05, 0) is 81.0 Å². The Kier molecular flexibility index (Phi) is 9.83. The molecule has 202 valence electrons. The maximum absolute atomic E-state index is 13.3. The fourth-order valence-corrected chi connectivity index (χ4v) is 4.49. The number of dihydropyridines is 1. The molecule has 39 heavy (non-hydrogen) atoms. The lowest BCUT2D eigenvalue weighted by molar-refractivity contribution is -0.140. The van der Waals surface area contributed by atoms with Crippen molar-refractivity contribution in [2.75, 3.05) is 13.2 Å². The highest BCUT2D eigenvalue weighted by molar-refractivity contribution is 5.98. The first-order chi connectivity index (χ1) is 19.0. The summed E-state index contributed by atoms with van der Waals surface area (Å²) in [4.78, 5) is 34.9. The van der Waals surface area contributed by atoms with Crippen LogP contribution in [0.2, 0.25) is 0 Å². The van der Waals surface area contributed by atoms with Crippen LogP contribution in [0.1, 0.15) is 43.6 Å². The number of carbonyl (C=O) groups excluding carboxylic acids is 2. The van der Waals surface area contributed by atoms with E-state index in [1.807, 2.05) is 24.3 Å². The third-order valence-electron chi connectivity index (χ3n) is 6.37. The first kappa shape index (κ1) is 27.6. The minimum Gasteiger partial charge on any atom is -0.465 e. The highest BCUT2D eigenvalue weighted by atomic mass is 16.5. The topological polar surface area (TPSA) is 104 Å². The minimum atomic E-state index is -0.659. The number of hydrogen-bond donors (Lipinski definition) is 1. The van der Waals surface area contributed by atoms with Crippen molar-refractivity contribution in [1.82, 2.24) is 15.3 Å². The van der Waals surface area contributed by atoms with Crippen LogP contribution in [-0.4, -0.2) is 35.1 Å². The Hall–Kier alpha value is -4.46. The molecule has 0 spiro atoms. The van der Waals surface area contributed by atoms with Gasteiger partial charge in [-0.25, -0.2) is 9.59 Å². The summed E-state index contributed by atoms with van der Waals surface area (Å²) in [6, 6.07) is 11.3. The lowest BCUT2D eigenvalue weighted by atomic mass is 9.85. The monoisotopic (exact) mass is 527 g/mol. The predicted octanol–water partition coefficient (Wildman–Crippen LogP) is 5.20. The van der Waals surface area contributed by atoms with Crippen molar-refractivity contribution in [2.45, 2.75) is 39.5 Å². The number of hydrogen-bond acceptors (Lipinski definition) is 8. The van der Waals surface area contributed by atoms with Gasteiger partial charge >= 0.3 is 11.9 Å². The standard InChI is InChI=1S/C31H33N3O5/c1-22-28(30(35)38-18-5-10-24-8-3-15-32-20-24)27(14-13-26-12-7-17-37-26)29(23(2)34-22)31(36)39-19-6-11-25-9-4-16-33-21-25/h3-4,7-9,12-17,20-21,27,34H,5-6,10-11,18-19H2,1-2H3. The third-order valence-corrected chi connectivity index (χ3v) is 6.37. The molecule has 4 rings (SSSR count). The van der Waals surface area contributed by atoms with E-state index in [-0.39, 0.29) is 13.2 Å². The van der Waals surface area contributed by atoms with Gasteiger partial charge in [-0.15, -0.1) is 0 Å². The molecule has 8 heteroatoms. The molecule has 1 aliphatic heterocycles. The van der Waals surface area contributed by atoms with E-state index in [1.54, 1.807) is 69.2 Å². The molecular weight excluding hydrogens is 494 g/mol. The third kappa shape index (κ3) is 7.77. The molecule has 0 unspecified atom stereocenters. The Morgan fingerprint density at radius 2 is 1.44 bits per heavy atom. The smallest absolute Gasteiger partial charge is 0.336 e. The van der Waals surface area contributed by atoms with Crippen LogP contribution in [0.25, 0.3) is 6.08 Å². The molecule has 0 bridgehead atoms. The summed E-state index contributed by atoms with van der Waals surface area (Å²) in [6.45, 7) is 4.10. The van der Waals surface area contributed by atoms with E-state index in [0.29, 0.717) is 41.1 Å². The Bertz CT molecular complexity index is 1250. The average molecular weight is 528 g/mol. The van der Waals surface area contributed by atoms with Crippen LogP contribution in [-0.2, 0) is 31.9 Å². The summed E-state index contributed by atoms with van der Waals surface area (Å²) in [5.41, 5.74) is 4.16. The normalized spacial score (nSPS) is 14.0. The van der Waals surface area contributed by atoms with E-state index in [2.05, 4.69) is 15.3 Å². The number of esters is 2. The van der Waals surface area contributed by atoms with Crippen LogP contribution in [0.4, 0.5) is 0 Å². The van der Waals surface area contributed by atoms with Gasteiger partial charge in [0.1, 0.15) is 5.76 Å². The van der Waals surface area contributed by atoms with Gasteiger partial charge in [0.2, 0.25) is 0 Å².